The maximum absolute atomic E-state index is 4.29. The van der Waals surface area contributed by atoms with Gasteiger partial charge in [0.05, 0.1) is 0 Å². The topological polar surface area (TPSA) is 0 Å². The molecule has 0 saturated heterocycles. The van der Waals surface area contributed by atoms with Crippen molar-refractivity contribution in [1.82, 2.24) is 0 Å². The maximum Gasteiger partial charge on any atom is 0.0133 e. The van der Waals surface area contributed by atoms with Crippen LogP contribution >= 0.6 is 0 Å². The number of hydrogen-bond acceptors (Lipinski definition) is 0. The largest absolute Gasteiger partial charge is 0.0987 e. The van der Waals surface area contributed by atoms with E-state index in [2.05, 4.69) is 51.6 Å². The zero-order valence-electron chi connectivity index (χ0n) is 10.0. The third kappa shape index (κ3) is 1.62. The van der Waals surface area contributed by atoms with Crippen molar-refractivity contribution in [2.45, 2.75) is 39.0 Å². The highest BCUT2D eigenvalue weighted by Crippen LogP contribution is 2.47. The van der Waals surface area contributed by atoms with Gasteiger partial charge in [-0.25, -0.2) is 0 Å². The Hall–Kier alpha value is -1.04. The van der Waals surface area contributed by atoms with Crippen molar-refractivity contribution in [3.05, 3.63) is 47.5 Å². The van der Waals surface area contributed by atoms with Crippen molar-refractivity contribution in [2.75, 3.05) is 0 Å². The molecule has 80 valence electrons. The number of aryl methyl sites for hydroxylation is 1. The minimum atomic E-state index is 0.215. The maximum atomic E-state index is 4.29. The van der Waals surface area contributed by atoms with Crippen LogP contribution in [0.1, 0.15) is 37.8 Å². The SMILES string of the molecule is C=C1C(C)CCC1(C)c1ccc(C)cc1. The van der Waals surface area contributed by atoms with Gasteiger partial charge >= 0.3 is 0 Å². The Labute approximate surface area is 93.0 Å². The molecule has 2 atom stereocenters. The van der Waals surface area contributed by atoms with Crippen LogP contribution in [0, 0.1) is 12.8 Å². The number of allylic oxidation sites excluding steroid dienone is 1. The Bertz CT molecular complexity index is 372. The van der Waals surface area contributed by atoms with E-state index in [9.17, 15) is 0 Å². The van der Waals surface area contributed by atoms with Crippen LogP contribution in [0.15, 0.2) is 36.4 Å². The van der Waals surface area contributed by atoms with Gasteiger partial charge in [-0.05, 0) is 31.2 Å². The molecule has 15 heavy (non-hydrogen) atoms. The average molecular weight is 200 g/mol. The summed E-state index contributed by atoms with van der Waals surface area (Å²) >= 11 is 0. The zero-order valence-corrected chi connectivity index (χ0v) is 10.0. The minimum Gasteiger partial charge on any atom is -0.0987 e. The fourth-order valence-electron chi connectivity index (χ4n) is 2.63. The van der Waals surface area contributed by atoms with Gasteiger partial charge in [0.1, 0.15) is 0 Å². The van der Waals surface area contributed by atoms with Crippen molar-refractivity contribution in [3.63, 3.8) is 0 Å². The molecule has 1 aliphatic carbocycles. The molecule has 0 N–H and O–H groups in total. The lowest BCUT2D eigenvalue weighted by molar-refractivity contribution is 0.573. The first-order valence-corrected chi connectivity index (χ1v) is 5.80. The second-order valence-corrected chi connectivity index (χ2v) is 5.16. The Morgan fingerprint density at radius 1 is 1.27 bits per heavy atom. The van der Waals surface area contributed by atoms with Crippen LogP contribution in [0.4, 0.5) is 0 Å². The Kier molecular flexibility index (Phi) is 2.46. The summed E-state index contributed by atoms with van der Waals surface area (Å²) in [4.78, 5) is 0. The number of benzene rings is 1. The van der Waals surface area contributed by atoms with Gasteiger partial charge in [0.15, 0.2) is 0 Å². The summed E-state index contributed by atoms with van der Waals surface area (Å²) in [5, 5.41) is 0. The molecule has 0 bridgehead atoms. The molecule has 1 fully saturated rings. The van der Waals surface area contributed by atoms with Gasteiger partial charge in [-0.3, -0.25) is 0 Å². The summed E-state index contributed by atoms with van der Waals surface area (Å²) in [6.45, 7) is 11.1. The first-order chi connectivity index (χ1) is 7.04. The molecule has 0 heterocycles. The van der Waals surface area contributed by atoms with Gasteiger partial charge in [0.25, 0.3) is 0 Å². The summed E-state index contributed by atoms with van der Waals surface area (Å²) in [6, 6.07) is 8.94. The molecule has 0 heteroatoms. The molecule has 0 radical (unpaired) electrons. The third-order valence-corrected chi connectivity index (χ3v) is 4.07. The summed E-state index contributed by atoms with van der Waals surface area (Å²) < 4.78 is 0. The highest BCUT2D eigenvalue weighted by atomic mass is 14.4. The summed E-state index contributed by atoms with van der Waals surface area (Å²) in [7, 11) is 0. The van der Waals surface area contributed by atoms with E-state index in [1.807, 2.05) is 0 Å². The fraction of sp³-hybridized carbons (Fsp3) is 0.467. The number of hydrogen-bond donors (Lipinski definition) is 0. The van der Waals surface area contributed by atoms with E-state index in [1.165, 1.54) is 29.5 Å². The molecule has 2 rings (SSSR count). The lowest BCUT2D eigenvalue weighted by Crippen LogP contribution is -2.20. The third-order valence-electron chi connectivity index (χ3n) is 4.07. The summed E-state index contributed by atoms with van der Waals surface area (Å²) in [5.41, 5.74) is 4.39. The van der Waals surface area contributed by atoms with Crippen molar-refractivity contribution in [3.8, 4) is 0 Å². The molecule has 1 saturated carbocycles. The summed E-state index contributed by atoms with van der Waals surface area (Å²) in [5.74, 6) is 0.677. The van der Waals surface area contributed by atoms with Gasteiger partial charge in [-0.2, -0.15) is 0 Å². The monoisotopic (exact) mass is 200 g/mol. The molecule has 1 aliphatic rings. The van der Waals surface area contributed by atoms with E-state index in [4.69, 9.17) is 0 Å². The predicted molar refractivity (Wildman–Crippen MR) is 66.1 cm³/mol. The minimum absolute atomic E-state index is 0.215. The second kappa shape index (κ2) is 3.52. The van der Waals surface area contributed by atoms with Crippen molar-refractivity contribution in [1.29, 1.82) is 0 Å². The molecular weight excluding hydrogens is 180 g/mol. The van der Waals surface area contributed by atoms with Crippen molar-refractivity contribution >= 4 is 0 Å². The van der Waals surface area contributed by atoms with Gasteiger partial charge < -0.3 is 0 Å². The normalized spacial score (nSPS) is 30.9. The van der Waals surface area contributed by atoms with E-state index < -0.39 is 0 Å². The van der Waals surface area contributed by atoms with E-state index in [-0.39, 0.29) is 5.41 Å². The highest BCUT2D eigenvalue weighted by Gasteiger charge is 2.37. The van der Waals surface area contributed by atoms with Gasteiger partial charge in [-0.15, -0.1) is 0 Å². The molecule has 0 amide bonds. The zero-order chi connectivity index (χ0) is 11.1. The van der Waals surface area contributed by atoms with Gasteiger partial charge in [0.2, 0.25) is 0 Å². The first-order valence-electron chi connectivity index (χ1n) is 5.80. The Balaban J connectivity index is 2.38. The van der Waals surface area contributed by atoms with E-state index in [0.717, 1.165) is 0 Å². The average Bonchev–Trinajstić information content (AvgIpc) is 2.48. The van der Waals surface area contributed by atoms with Crippen LogP contribution in [0.25, 0.3) is 0 Å². The lowest BCUT2D eigenvalue weighted by atomic mass is 9.77. The standard InChI is InChI=1S/C15H20/c1-11-5-7-14(8-6-11)15(4)10-9-12(2)13(15)3/h5-8,12H,3,9-10H2,1-2,4H3. The van der Waals surface area contributed by atoms with Crippen LogP contribution in [-0.4, -0.2) is 0 Å². The van der Waals surface area contributed by atoms with E-state index in [1.54, 1.807) is 0 Å². The van der Waals surface area contributed by atoms with E-state index >= 15 is 0 Å². The molecular formula is C15H20. The number of rotatable bonds is 1. The van der Waals surface area contributed by atoms with Crippen LogP contribution in [0.5, 0.6) is 0 Å². The van der Waals surface area contributed by atoms with Crippen LogP contribution in [0.2, 0.25) is 0 Å². The molecule has 0 nitrogen and oxygen atoms in total. The van der Waals surface area contributed by atoms with Crippen LogP contribution in [-0.2, 0) is 5.41 Å². The smallest absolute Gasteiger partial charge is 0.0133 e. The van der Waals surface area contributed by atoms with Crippen molar-refractivity contribution in [2.24, 2.45) is 5.92 Å². The second-order valence-electron chi connectivity index (χ2n) is 5.16. The fourth-order valence-corrected chi connectivity index (χ4v) is 2.63. The highest BCUT2D eigenvalue weighted by molar-refractivity contribution is 5.38. The van der Waals surface area contributed by atoms with E-state index in [0.29, 0.717) is 5.92 Å². The Morgan fingerprint density at radius 3 is 2.33 bits per heavy atom. The molecule has 0 aromatic heterocycles. The Morgan fingerprint density at radius 2 is 1.87 bits per heavy atom. The van der Waals surface area contributed by atoms with Crippen molar-refractivity contribution < 1.29 is 0 Å². The molecule has 1 aromatic rings. The quantitative estimate of drug-likeness (QED) is 0.595. The predicted octanol–water partition coefficient (Wildman–Crippen LogP) is 4.24. The van der Waals surface area contributed by atoms with Gasteiger partial charge in [0, 0.05) is 5.41 Å². The van der Waals surface area contributed by atoms with Gasteiger partial charge in [-0.1, -0.05) is 55.8 Å². The first kappa shape index (κ1) is 10.5. The van der Waals surface area contributed by atoms with Crippen LogP contribution in [0.3, 0.4) is 0 Å². The molecule has 0 aliphatic heterocycles. The molecule has 2 unspecified atom stereocenters. The lowest BCUT2D eigenvalue weighted by Gasteiger charge is -2.27. The molecule has 1 aromatic carbocycles. The molecule has 0 spiro atoms. The van der Waals surface area contributed by atoms with Crippen LogP contribution < -0.4 is 0 Å². The summed E-state index contributed by atoms with van der Waals surface area (Å²) in [6.07, 6.45) is 2.53.